The smallest absolute Gasteiger partial charge is 0.227 e. The fraction of sp³-hybridized carbons (Fsp3) is 0.185. The van der Waals surface area contributed by atoms with Gasteiger partial charge in [-0.1, -0.05) is 65.9 Å². The van der Waals surface area contributed by atoms with Crippen molar-refractivity contribution in [3.05, 3.63) is 101 Å². The van der Waals surface area contributed by atoms with Gasteiger partial charge in [0.1, 0.15) is 23.6 Å². The van der Waals surface area contributed by atoms with Crippen LogP contribution >= 0.6 is 11.8 Å². The number of fused-ring (bicyclic) bond motifs is 3. The molecule has 0 aliphatic carbocycles. The lowest BCUT2D eigenvalue weighted by molar-refractivity contribution is 0.223. The van der Waals surface area contributed by atoms with Crippen LogP contribution in [0.4, 0.5) is 5.95 Å². The second kappa shape index (κ2) is 8.25. The fourth-order valence-corrected chi connectivity index (χ4v) is 5.11. The number of anilines is 1. The van der Waals surface area contributed by atoms with Crippen LogP contribution in [0.15, 0.2) is 83.5 Å². The number of hydrogen-bond acceptors (Lipinski definition) is 6. The summed E-state index contributed by atoms with van der Waals surface area (Å²) in [4.78, 5) is 4.76. The Morgan fingerprint density at radius 1 is 1.00 bits per heavy atom. The van der Waals surface area contributed by atoms with Gasteiger partial charge in [-0.2, -0.15) is 4.98 Å². The van der Waals surface area contributed by atoms with E-state index in [0.29, 0.717) is 0 Å². The van der Waals surface area contributed by atoms with Crippen LogP contribution in [0.1, 0.15) is 34.4 Å². The van der Waals surface area contributed by atoms with Gasteiger partial charge in [0.05, 0.1) is 12.8 Å². The third-order valence-electron chi connectivity index (χ3n) is 6.32. The van der Waals surface area contributed by atoms with Crippen LogP contribution in [0.5, 0.6) is 11.5 Å². The summed E-state index contributed by atoms with van der Waals surface area (Å²) in [6.07, 6.45) is 1.71. The van der Waals surface area contributed by atoms with Crippen molar-refractivity contribution >= 4 is 23.4 Å². The van der Waals surface area contributed by atoms with E-state index in [0.717, 1.165) is 50.6 Å². The number of aromatic nitrogens is 3. The van der Waals surface area contributed by atoms with Crippen LogP contribution in [-0.4, -0.2) is 28.1 Å². The molecule has 2 atom stereocenters. The zero-order valence-corrected chi connectivity index (χ0v) is 20.0. The summed E-state index contributed by atoms with van der Waals surface area (Å²) in [6.45, 7) is 2.11. The number of thioether (sulfide) groups is 1. The van der Waals surface area contributed by atoms with Crippen molar-refractivity contribution in [2.24, 2.45) is 0 Å². The molecule has 0 spiro atoms. The quantitative estimate of drug-likeness (QED) is 0.378. The molecule has 2 aliphatic heterocycles. The molecule has 1 N–H and O–H groups in total. The number of methoxy groups -OCH3 is 1. The summed E-state index contributed by atoms with van der Waals surface area (Å²) >= 11 is 1.53. The molecule has 170 valence electrons. The highest BCUT2D eigenvalue weighted by Gasteiger charge is 2.41. The minimum absolute atomic E-state index is 0.190. The maximum absolute atomic E-state index is 6.70. The number of para-hydroxylation sites is 1. The zero-order valence-electron chi connectivity index (χ0n) is 19.1. The third-order valence-corrected chi connectivity index (χ3v) is 6.86. The van der Waals surface area contributed by atoms with Gasteiger partial charge in [0.25, 0.3) is 0 Å². The van der Waals surface area contributed by atoms with Gasteiger partial charge in [-0.15, -0.1) is 5.10 Å². The van der Waals surface area contributed by atoms with Crippen LogP contribution in [-0.2, 0) is 0 Å². The lowest BCUT2D eigenvalue weighted by atomic mass is 9.84. The van der Waals surface area contributed by atoms with E-state index in [1.165, 1.54) is 17.3 Å². The Hall–Kier alpha value is -3.71. The molecule has 0 saturated carbocycles. The first-order valence-electron chi connectivity index (χ1n) is 11.1. The van der Waals surface area contributed by atoms with Crippen molar-refractivity contribution in [3.63, 3.8) is 0 Å². The lowest BCUT2D eigenvalue weighted by Crippen LogP contribution is -2.32. The predicted molar refractivity (Wildman–Crippen MR) is 134 cm³/mol. The highest BCUT2D eigenvalue weighted by Crippen LogP contribution is 2.51. The number of ether oxygens (including phenoxy) is 2. The van der Waals surface area contributed by atoms with E-state index < -0.39 is 0 Å². The van der Waals surface area contributed by atoms with E-state index in [-0.39, 0.29) is 12.1 Å². The van der Waals surface area contributed by atoms with Gasteiger partial charge < -0.3 is 14.8 Å². The molecule has 2 aliphatic rings. The first kappa shape index (κ1) is 20.9. The van der Waals surface area contributed by atoms with Crippen LogP contribution < -0.4 is 14.8 Å². The Kier molecular flexibility index (Phi) is 5.07. The molecule has 1 aromatic heterocycles. The molecule has 3 aromatic carbocycles. The molecule has 2 unspecified atom stereocenters. The average molecular weight is 469 g/mol. The maximum atomic E-state index is 6.70. The van der Waals surface area contributed by atoms with Gasteiger partial charge in [-0.3, -0.25) is 0 Å². The summed E-state index contributed by atoms with van der Waals surface area (Å²) in [6, 6.07) is 24.7. The largest absolute Gasteiger partial charge is 0.497 e. The second-order valence-electron chi connectivity index (χ2n) is 8.41. The van der Waals surface area contributed by atoms with E-state index >= 15 is 0 Å². The van der Waals surface area contributed by atoms with E-state index in [1.54, 1.807) is 7.11 Å². The van der Waals surface area contributed by atoms with Gasteiger partial charge >= 0.3 is 0 Å². The molecule has 34 heavy (non-hydrogen) atoms. The van der Waals surface area contributed by atoms with Gasteiger partial charge in [0, 0.05) is 11.1 Å². The Labute approximate surface area is 202 Å². The summed E-state index contributed by atoms with van der Waals surface area (Å²) in [7, 11) is 1.68. The molecular formula is C27H24N4O2S. The molecule has 6 rings (SSSR count). The van der Waals surface area contributed by atoms with E-state index in [9.17, 15) is 0 Å². The highest BCUT2D eigenvalue weighted by atomic mass is 32.2. The highest BCUT2D eigenvalue weighted by molar-refractivity contribution is 7.98. The average Bonchev–Trinajstić information content (AvgIpc) is 3.30. The predicted octanol–water partition coefficient (Wildman–Crippen LogP) is 5.88. The van der Waals surface area contributed by atoms with Gasteiger partial charge in [-0.05, 0) is 48.6 Å². The van der Waals surface area contributed by atoms with Crippen molar-refractivity contribution in [2.45, 2.75) is 24.2 Å². The van der Waals surface area contributed by atoms with Crippen LogP contribution in [0.2, 0.25) is 0 Å². The van der Waals surface area contributed by atoms with Gasteiger partial charge in [-0.25, -0.2) is 4.68 Å². The van der Waals surface area contributed by atoms with Crippen LogP contribution in [0.3, 0.4) is 0 Å². The Morgan fingerprint density at radius 3 is 2.59 bits per heavy atom. The van der Waals surface area contributed by atoms with E-state index in [1.807, 2.05) is 41.3 Å². The standard InChI is InChI=1S/C27H24N4O2S/c1-16-7-6-8-18(15-16)25-22-23(20-9-4-5-10-21(20)33-25)28-26-29-27(34-3)30-31(26)24(22)17-11-13-19(32-2)14-12-17/h4-15,24-25H,1-3H3,(H,28,29,30). The molecule has 0 radical (unpaired) electrons. The molecule has 3 heterocycles. The van der Waals surface area contributed by atoms with Crippen molar-refractivity contribution in [2.75, 3.05) is 18.7 Å². The normalized spacial score (nSPS) is 18.3. The monoisotopic (exact) mass is 468 g/mol. The maximum Gasteiger partial charge on any atom is 0.227 e. The van der Waals surface area contributed by atoms with Gasteiger partial charge in [0.2, 0.25) is 11.1 Å². The SMILES string of the molecule is COc1ccc(C2C3=C(Nc4nc(SC)nn42)c2ccccc2OC3c2cccc(C)c2)cc1. The Balaban J connectivity index is 1.62. The number of nitrogens with one attached hydrogen (secondary N) is 1. The van der Waals surface area contributed by atoms with Crippen LogP contribution in [0, 0.1) is 6.92 Å². The molecule has 0 saturated heterocycles. The van der Waals surface area contributed by atoms with E-state index in [4.69, 9.17) is 19.6 Å². The molecule has 4 aromatic rings. The van der Waals surface area contributed by atoms with Crippen molar-refractivity contribution in [1.82, 2.24) is 14.8 Å². The van der Waals surface area contributed by atoms with Crippen LogP contribution in [0.25, 0.3) is 5.70 Å². The third kappa shape index (κ3) is 3.35. The van der Waals surface area contributed by atoms with Gasteiger partial charge in [0.15, 0.2) is 0 Å². The minimum atomic E-state index is -0.278. The van der Waals surface area contributed by atoms with Crippen molar-refractivity contribution in [3.8, 4) is 11.5 Å². The fourth-order valence-electron chi connectivity index (χ4n) is 4.76. The minimum Gasteiger partial charge on any atom is -0.497 e. The van der Waals surface area contributed by atoms with E-state index in [2.05, 4.69) is 54.7 Å². The summed E-state index contributed by atoms with van der Waals surface area (Å²) in [5.74, 6) is 2.39. The second-order valence-corrected chi connectivity index (χ2v) is 9.18. The molecule has 0 amide bonds. The summed E-state index contributed by atoms with van der Waals surface area (Å²) in [5, 5.41) is 9.17. The molecule has 6 nitrogen and oxygen atoms in total. The molecular weight excluding hydrogens is 444 g/mol. The molecule has 7 heteroatoms. The van der Waals surface area contributed by atoms with Crippen molar-refractivity contribution in [1.29, 1.82) is 0 Å². The molecule has 0 bridgehead atoms. The first-order chi connectivity index (χ1) is 16.7. The lowest BCUT2D eigenvalue weighted by Gasteiger charge is -2.39. The topological polar surface area (TPSA) is 61.2 Å². The molecule has 0 fully saturated rings. The number of nitrogens with zero attached hydrogens (tertiary/aromatic N) is 3. The summed E-state index contributed by atoms with van der Waals surface area (Å²) in [5.41, 5.74) is 6.56. The first-order valence-corrected chi connectivity index (χ1v) is 12.4. The Bertz CT molecular complexity index is 1410. The number of benzene rings is 3. The number of aryl methyl sites for hydroxylation is 1. The zero-order chi connectivity index (χ0) is 23.2. The van der Waals surface area contributed by atoms with Crippen molar-refractivity contribution < 1.29 is 9.47 Å². The number of rotatable bonds is 4. The summed E-state index contributed by atoms with van der Waals surface area (Å²) < 4.78 is 14.1. The number of hydrogen-bond donors (Lipinski definition) is 1. The Morgan fingerprint density at radius 2 is 1.82 bits per heavy atom.